The van der Waals surface area contributed by atoms with Gasteiger partial charge in [0.2, 0.25) is 5.91 Å². The second kappa shape index (κ2) is 7.74. The molecule has 19 heavy (non-hydrogen) atoms. The van der Waals surface area contributed by atoms with Gasteiger partial charge in [-0.05, 0) is 32.1 Å². The number of carbonyl (C=O) groups excluding carboxylic acids is 2. The topological polar surface area (TPSA) is 46.6 Å². The molecule has 0 unspecified atom stereocenters. The van der Waals surface area contributed by atoms with Gasteiger partial charge in [-0.3, -0.25) is 9.59 Å². The summed E-state index contributed by atoms with van der Waals surface area (Å²) in [5, 5.41) is 0. The van der Waals surface area contributed by atoms with Crippen molar-refractivity contribution < 1.29 is 14.3 Å². The van der Waals surface area contributed by atoms with Gasteiger partial charge in [0.05, 0.1) is 13.5 Å². The molecule has 5 heteroatoms. The molecule has 0 aromatic carbocycles. The summed E-state index contributed by atoms with van der Waals surface area (Å²) in [5.74, 6) is -0.387. The van der Waals surface area contributed by atoms with Gasteiger partial charge >= 0.3 is 5.97 Å². The molecule has 1 aromatic heterocycles. The zero-order valence-corrected chi connectivity index (χ0v) is 12.3. The van der Waals surface area contributed by atoms with E-state index in [1.54, 1.807) is 28.4 Å². The summed E-state index contributed by atoms with van der Waals surface area (Å²) >= 11 is 1.64. The van der Waals surface area contributed by atoms with Crippen LogP contribution in [0, 0.1) is 6.92 Å². The van der Waals surface area contributed by atoms with Crippen LogP contribution in [0.4, 0.5) is 0 Å². The standard InChI is InChI=1S/C14H19NO3S/c1-4-15(10-9-14(17)18-3)13(16)8-7-12-6-5-11(2)19-12/h5-8H,4,9-10H2,1-3H3/b8-7+. The summed E-state index contributed by atoms with van der Waals surface area (Å²) in [4.78, 5) is 26.9. The van der Waals surface area contributed by atoms with E-state index in [1.165, 1.54) is 12.0 Å². The lowest BCUT2D eigenvalue weighted by Gasteiger charge is -2.18. The van der Waals surface area contributed by atoms with Crippen molar-refractivity contribution >= 4 is 29.3 Å². The summed E-state index contributed by atoms with van der Waals surface area (Å²) < 4.78 is 4.56. The number of ether oxygens (including phenoxy) is 1. The fraction of sp³-hybridized carbons (Fsp3) is 0.429. The molecule has 0 spiro atoms. The Morgan fingerprint density at radius 3 is 2.68 bits per heavy atom. The number of nitrogens with zero attached hydrogens (tertiary/aromatic N) is 1. The second-order valence-electron chi connectivity index (χ2n) is 4.03. The van der Waals surface area contributed by atoms with Crippen LogP contribution in [0.5, 0.6) is 0 Å². The molecule has 0 atom stereocenters. The average molecular weight is 281 g/mol. The van der Waals surface area contributed by atoms with Crippen LogP contribution in [0.3, 0.4) is 0 Å². The van der Waals surface area contributed by atoms with Gasteiger partial charge in [0, 0.05) is 28.9 Å². The van der Waals surface area contributed by atoms with E-state index in [0.717, 1.165) is 4.88 Å². The largest absolute Gasteiger partial charge is 0.469 e. The number of esters is 1. The molecule has 1 heterocycles. The molecule has 0 aliphatic rings. The van der Waals surface area contributed by atoms with Crippen LogP contribution >= 0.6 is 11.3 Å². The Hall–Kier alpha value is -1.62. The molecule has 0 N–H and O–H groups in total. The van der Waals surface area contributed by atoms with Crippen LogP contribution in [0.15, 0.2) is 18.2 Å². The van der Waals surface area contributed by atoms with Crippen LogP contribution in [0.2, 0.25) is 0 Å². The highest BCUT2D eigenvalue weighted by Crippen LogP contribution is 2.16. The molecular formula is C14H19NO3S. The number of carbonyl (C=O) groups is 2. The predicted molar refractivity (Wildman–Crippen MR) is 77.0 cm³/mol. The van der Waals surface area contributed by atoms with Crippen molar-refractivity contribution in [2.24, 2.45) is 0 Å². The van der Waals surface area contributed by atoms with Crippen molar-refractivity contribution in [1.82, 2.24) is 4.90 Å². The van der Waals surface area contributed by atoms with Gasteiger partial charge in [-0.25, -0.2) is 0 Å². The fourth-order valence-electron chi connectivity index (χ4n) is 1.55. The zero-order chi connectivity index (χ0) is 14.3. The van der Waals surface area contributed by atoms with Crippen molar-refractivity contribution in [2.45, 2.75) is 20.3 Å². The average Bonchev–Trinajstić information content (AvgIpc) is 2.82. The van der Waals surface area contributed by atoms with E-state index in [9.17, 15) is 9.59 Å². The molecule has 1 aromatic rings. The lowest BCUT2D eigenvalue weighted by atomic mass is 10.3. The van der Waals surface area contributed by atoms with Crippen LogP contribution in [-0.2, 0) is 14.3 Å². The third kappa shape index (κ3) is 5.26. The summed E-state index contributed by atoms with van der Waals surface area (Å²) in [7, 11) is 1.35. The van der Waals surface area contributed by atoms with Gasteiger partial charge in [-0.2, -0.15) is 0 Å². The van der Waals surface area contributed by atoms with Crippen molar-refractivity contribution in [1.29, 1.82) is 0 Å². The van der Waals surface area contributed by atoms with Gasteiger partial charge in [0.25, 0.3) is 0 Å². The van der Waals surface area contributed by atoms with Gasteiger partial charge in [0.1, 0.15) is 0 Å². The van der Waals surface area contributed by atoms with Crippen LogP contribution in [0.25, 0.3) is 6.08 Å². The highest BCUT2D eigenvalue weighted by Gasteiger charge is 2.10. The molecule has 0 bridgehead atoms. The van der Waals surface area contributed by atoms with Crippen molar-refractivity contribution in [2.75, 3.05) is 20.2 Å². The summed E-state index contributed by atoms with van der Waals surface area (Å²) in [6, 6.07) is 4.00. The Morgan fingerprint density at radius 2 is 2.16 bits per heavy atom. The zero-order valence-electron chi connectivity index (χ0n) is 11.5. The molecule has 0 saturated heterocycles. The van der Waals surface area contributed by atoms with Gasteiger partial charge in [0.15, 0.2) is 0 Å². The van der Waals surface area contributed by atoms with Crippen molar-refractivity contribution in [3.05, 3.63) is 28.0 Å². The number of hydrogen-bond acceptors (Lipinski definition) is 4. The molecule has 0 saturated carbocycles. The third-order valence-corrected chi connectivity index (χ3v) is 3.62. The first-order chi connectivity index (χ1) is 9.06. The number of likely N-dealkylation sites (N-methyl/N-ethyl adjacent to an activating group) is 1. The number of methoxy groups -OCH3 is 1. The molecule has 1 amide bonds. The smallest absolute Gasteiger partial charge is 0.307 e. The maximum Gasteiger partial charge on any atom is 0.307 e. The Kier molecular flexibility index (Phi) is 6.29. The molecule has 0 aliphatic heterocycles. The number of thiophene rings is 1. The quantitative estimate of drug-likeness (QED) is 0.594. The SMILES string of the molecule is CCN(CCC(=O)OC)C(=O)/C=C/c1ccc(C)s1. The van der Waals surface area contributed by atoms with Gasteiger partial charge < -0.3 is 9.64 Å². The number of hydrogen-bond donors (Lipinski definition) is 0. The summed E-state index contributed by atoms with van der Waals surface area (Å²) in [6.07, 6.45) is 3.58. The Bertz CT molecular complexity index is 465. The monoisotopic (exact) mass is 281 g/mol. The van der Waals surface area contributed by atoms with E-state index >= 15 is 0 Å². The summed E-state index contributed by atoms with van der Waals surface area (Å²) in [5.41, 5.74) is 0. The molecule has 0 radical (unpaired) electrons. The minimum absolute atomic E-state index is 0.0857. The maximum atomic E-state index is 11.9. The molecule has 104 valence electrons. The van der Waals surface area contributed by atoms with E-state index < -0.39 is 0 Å². The van der Waals surface area contributed by atoms with E-state index in [2.05, 4.69) is 4.74 Å². The second-order valence-corrected chi connectivity index (χ2v) is 5.35. The molecule has 0 aliphatic carbocycles. The Labute approximate surface area is 117 Å². The van der Waals surface area contributed by atoms with Gasteiger partial charge in [-0.1, -0.05) is 0 Å². The lowest BCUT2D eigenvalue weighted by molar-refractivity contribution is -0.141. The highest BCUT2D eigenvalue weighted by molar-refractivity contribution is 7.12. The van der Waals surface area contributed by atoms with Crippen molar-refractivity contribution in [3.8, 4) is 0 Å². The Balaban J connectivity index is 2.53. The highest BCUT2D eigenvalue weighted by atomic mass is 32.1. The normalized spacial score (nSPS) is 10.7. The van der Waals surface area contributed by atoms with E-state index in [-0.39, 0.29) is 18.3 Å². The van der Waals surface area contributed by atoms with E-state index in [1.807, 2.05) is 26.0 Å². The molecule has 0 fully saturated rings. The minimum atomic E-state index is -0.302. The number of amides is 1. The third-order valence-electron chi connectivity index (χ3n) is 2.66. The van der Waals surface area contributed by atoms with Gasteiger partial charge in [-0.15, -0.1) is 11.3 Å². The van der Waals surface area contributed by atoms with E-state index in [4.69, 9.17) is 0 Å². The first-order valence-electron chi connectivity index (χ1n) is 6.17. The number of rotatable bonds is 6. The summed E-state index contributed by atoms with van der Waals surface area (Å²) in [6.45, 7) is 4.87. The van der Waals surface area contributed by atoms with Crippen molar-refractivity contribution in [3.63, 3.8) is 0 Å². The van der Waals surface area contributed by atoms with Crippen LogP contribution in [-0.4, -0.2) is 37.0 Å². The Morgan fingerprint density at radius 1 is 1.42 bits per heavy atom. The first-order valence-corrected chi connectivity index (χ1v) is 6.98. The number of aryl methyl sites for hydroxylation is 1. The molecule has 4 nitrogen and oxygen atoms in total. The van der Waals surface area contributed by atoms with Crippen LogP contribution < -0.4 is 0 Å². The minimum Gasteiger partial charge on any atom is -0.469 e. The van der Waals surface area contributed by atoms with Crippen LogP contribution in [0.1, 0.15) is 23.1 Å². The molecule has 1 rings (SSSR count). The predicted octanol–water partition coefficient (Wildman–Crippen LogP) is 2.48. The maximum absolute atomic E-state index is 11.9. The first kappa shape index (κ1) is 15.4. The van der Waals surface area contributed by atoms with E-state index in [0.29, 0.717) is 13.1 Å². The lowest BCUT2D eigenvalue weighted by Crippen LogP contribution is -2.31. The fourth-order valence-corrected chi connectivity index (χ4v) is 2.33. The molecular weight excluding hydrogens is 262 g/mol.